The standard InChI is InChI=1S/C21H30N4O2/c1-5-22-21(23-13-18-8-6-7-16(4)25-18)24-14-20(26)17-9-11-19(12-10-17)27-15(2)3/h6-12,15,20,26H,5,13-14H2,1-4H3,(H2,22,23,24). The van der Waals surface area contributed by atoms with E-state index in [9.17, 15) is 5.11 Å². The number of nitrogens with one attached hydrogen (secondary N) is 2. The number of aryl methyl sites for hydroxylation is 1. The highest BCUT2D eigenvalue weighted by Gasteiger charge is 2.09. The first kappa shape index (κ1) is 20.7. The third-order valence-corrected chi connectivity index (χ3v) is 3.79. The van der Waals surface area contributed by atoms with Crippen molar-refractivity contribution in [1.82, 2.24) is 15.6 Å². The van der Waals surface area contributed by atoms with Gasteiger partial charge in [0.1, 0.15) is 5.75 Å². The summed E-state index contributed by atoms with van der Waals surface area (Å²) in [7, 11) is 0. The van der Waals surface area contributed by atoms with E-state index in [2.05, 4.69) is 20.6 Å². The van der Waals surface area contributed by atoms with Gasteiger partial charge in [-0.3, -0.25) is 4.98 Å². The molecule has 0 aliphatic rings. The fourth-order valence-corrected chi connectivity index (χ4v) is 2.54. The summed E-state index contributed by atoms with van der Waals surface area (Å²) in [5, 5.41) is 16.8. The molecule has 0 amide bonds. The van der Waals surface area contributed by atoms with Gasteiger partial charge in [-0.05, 0) is 57.5 Å². The summed E-state index contributed by atoms with van der Waals surface area (Å²) in [6, 6.07) is 13.4. The molecule has 2 aromatic rings. The first-order chi connectivity index (χ1) is 13.0. The molecule has 6 nitrogen and oxygen atoms in total. The molecule has 146 valence electrons. The van der Waals surface area contributed by atoms with E-state index >= 15 is 0 Å². The molecule has 1 unspecified atom stereocenters. The lowest BCUT2D eigenvalue weighted by atomic mass is 10.1. The van der Waals surface area contributed by atoms with Gasteiger partial charge in [-0.2, -0.15) is 0 Å². The Hall–Kier alpha value is -2.60. The van der Waals surface area contributed by atoms with Gasteiger partial charge in [0.2, 0.25) is 0 Å². The zero-order valence-electron chi connectivity index (χ0n) is 16.6. The summed E-state index contributed by atoms with van der Waals surface area (Å²) in [4.78, 5) is 8.99. The Bertz CT molecular complexity index is 729. The topological polar surface area (TPSA) is 78.8 Å². The molecule has 0 aliphatic carbocycles. The smallest absolute Gasteiger partial charge is 0.191 e. The van der Waals surface area contributed by atoms with Gasteiger partial charge in [-0.1, -0.05) is 18.2 Å². The van der Waals surface area contributed by atoms with Gasteiger partial charge in [0.05, 0.1) is 24.4 Å². The van der Waals surface area contributed by atoms with Gasteiger partial charge in [0, 0.05) is 18.8 Å². The van der Waals surface area contributed by atoms with E-state index in [-0.39, 0.29) is 6.10 Å². The van der Waals surface area contributed by atoms with E-state index in [1.54, 1.807) is 0 Å². The normalized spacial score (nSPS) is 12.7. The minimum atomic E-state index is -0.640. The first-order valence-electron chi connectivity index (χ1n) is 9.37. The van der Waals surface area contributed by atoms with E-state index in [0.717, 1.165) is 29.2 Å². The van der Waals surface area contributed by atoms with Crippen LogP contribution in [0.3, 0.4) is 0 Å². The fraction of sp³-hybridized carbons (Fsp3) is 0.429. The van der Waals surface area contributed by atoms with Crippen LogP contribution in [-0.4, -0.2) is 35.2 Å². The van der Waals surface area contributed by atoms with Gasteiger partial charge < -0.3 is 20.5 Å². The third kappa shape index (κ3) is 7.27. The molecule has 6 heteroatoms. The lowest BCUT2D eigenvalue weighted by Crippen LogP contribution is -2.39. The summed E-state index contributed by atoms with van der Waals surface area (Å²) >= 11 is 0. The van der Waals surface area contributed by atoms with Gasteiger partial charge in [-0.15, -0.1) is 0 Å². The molecule has 3 N–H and O–H groups in total. The van der Waals surface area contributed by atoms with Crippen molar-refractivity contribution in [1.29, 1.82) is 0 Å². The van der Waals surface area contributed by atoms with Crippen LogP contribution in [0.4, 0.5) is 0 Å². The largest absolute Gasteiger partial charge is 0.491 e. The van der Waals surface area contributed by atoms with Gasteiger partial charge in [-0.25, -0.2) is 4.99 Å². The number of aliphatic imine (C=N–C) groups is 1. The number of nitrogens with zero attached hydrogens (tertiary/aromatic N) is 2. The number of pyridine rings is 1. The van der Waals surface area contributed by atoms with Crippen molar-refractivity contribution in [3.05, 3.63) is 59.4 Å². The van der Waals surface area contributed by atoms with Crippen LogP contribution in [0.2, 0.25) is 0 Å². The predicted molar refractivity (Wildman–Crippen MR) is 109 cm³/mol. The number of aliphatic hydroxyl groups excluding tert-OH is 1. The summed E-state index contributed by atoms with van der Waals surface area (Å²) in [5.74, 6) is 1.45. The minimum absolute atomic E-state index is 0.129. The van der Waals surface area contributed by atoms with Crippen LogP contribution in [0.5, 0.6) is 5.75 Å². The molecule has 1 heterocycles. The number of rotatable bonds is 8. The first-order valence-corrected chi connectivity index (χ1v) is 9.37. The highest BCUT2D eigenvalue weighted by Crippen LogP contribution is 2.18. The van der Waals surface area contributed by atoms with Crippen molar-refractivity contribution in [2.24, 2.45) is 4.99 Å². The third-order valence-electron chi connectivity index (χ3n) is 3.79. The van der Waals surface area contributed by atoms with Crippen LogP contribution in [-0.2, 0) is 6.54 Å². The number of benzene rings is 1. The molecule has 0 bridgehead atoms. The second kappa shape index (κ2) is 10.5. The highest BCUT2D eigenvalue weighted by atomic mass is 16.5. The molecule has 1 atom stereocenters. The number of ether oxygens (including phenoxy) is 1. The number of aliphatic hydroxyl groups is 1. The maximum atomic E-state index is 10.4. The maximum Gasteiger partial charge on any atom is 0.191 e. The Balaban J connectivity index is 1.92. The van der Waals surface area contributed by atoms with Crippen molar-refractivity contribution in [3.8, 4) is 5.75 Å². The van der Waals surface area contributed by atoms with E-state index in [1.807, 2.05) is 70.2 Å². The number of hydrogen-bond acceptors (Lipinski definition) is 4. The summed E-state index contributed by atoms with van der Waals surface area (Å²) in [5.41, 5.74) is 2.71. The van der Waals surface area contributed by atoms with E-state index < -0.39 is 6.10 Å². The maximum absolute atomic E-state index is 10.4. The second-order valence-corrected chi connectivity index (χ2v) is 6.60. The molecule has 0 spiro atoms. The zero-order valence-corrected chi connectivity index (χ0v) is 16.6. The average molecular weight is 370 g/mol. The Morgan fingerprint density at radius 2 is 1.89 bits per heavy atom. The van der Waals surface area contributed by atoms with Gasteiger partial charge in [0.25, 0.3) is 0 Å². The number of hydrogen-bond donors (Lipinski definition) is 3. The lowest BCUT2D eigenvalue weighted by molar-refractivity contribution is 0.180. The minimum Gasteiger partial charge on any atom is -0.491 e. The van der Waals surface area contributed by atoms with Crippen LogP contribution in [0.15, 0.2) is 47.5 Å². The Labute approximate surface area is 161 Å². The molecule has 27 heavy (non-hydrogen) atoms. The van der Waals surface area contributed by atoms with Crippen molar-refractivity contribution in [2.75, 3.05) is 13.1 Å². The van der Waals surface area contributed by atoms with E-state index in [1.165, 1.54) is 0 Å². The number of guanidine groups is 1. The van der Waals surface area contributed by atoms with Gasteiger partial charge >= 0.3 is 0 Å². The van der Waals surface area contributed by atoms with E-state index in [4.69, 9.17) is 4.74 Å². The molecule has 2 rings (SSSR count). The summed E-state index contributed by atoms with van der Waals surface area (Å²) in [6.45, 7) is 9.52. The molecule has 0 saturated carbocycles. The van der Waals surface area contributed by atoms with Crippen LogP contribution < -0.4 is 15.4 Å². The summed E-state index contributed by atoms with van der Waals surface area (Å²) < 4.78 is 5.63. The Kier molecular flexibility index (Phi) is 8.07. The molecule has 0 aliphatic heterocycles. The molecular formula is C21H30N4O2. The van der Waals surface area contributed by atoms with Crippen molar-refractivity contribution in [3.63, 3.8) is 0 Å². The molecule has 0 saturated heterocycles. The zero-order chi connectivity index (χ0) is 19.6. The van der Waals surface area contributed by atoms with Crippen LogP contribution >= 0.6 is 0 Å². The molecular weight excluding hydrogens is 340 g/mol. The van der Waals surface area contributed by atoms with E-state index in [0.29, 0.717) is 19.0 Å². The Morgan fingerprint density at radius 1 is 1.15 bits per heavy atom. The predicted octanol–water partition coefficient (Wildman–Crippen LogP) is 2.97. The summed E-state index contributed by atoms with van der Waals surface area (Å²) in [6.07, 6.45) is -0.511. The van der Waals surface area contributed by atoms with Crippen molar-refractivity contribution >= 4 is 5.96 Å². The second-order valence-electron chi connectivity index (χ2n) is 6.60. The molecule has 1 aromatic carbocycles. The number of aromatic nitrogens is 1. The lowest BCUT2D eigenvalue weighted by Gasteiger charge is -2.16. The quantitative estimate of drug-likeness (QED) is 0.492. The molecule has 1 aromatic heterocycles. The SMILES string of the molecule is CCNC(=NCc1cccc(C)n1)NCC(O)c1ccc(OC(C)C)cc1. The van der Waals surface area contributed by atoms with Crippen LogP contribution in [0.25, 0.3) is 0 Å². The molecule has 0 fully saturated rings. The monoisotopic (exact) mass is 370 g/mol. The Morgan fingerprint density at radius 3 is 2.52 bits per heavy atom. The van der Waals surface area contributed by atoms with Crippen LogP contribution in [0, 0.1) is 6.92 Å². The van der Waals surface area contributed by atoms with Gasteiger partial charge in [0.15, 0.2) is 5.96 Å². The van der Waals surface area contributed by atoms with Crippen LogP contribution in [0.1, 0.15) is 43.8 Å². The molecule has 0 radical (unpaired) electrons. The van der Waals surface area contributed by atoms with Crippen molar-refractivity contribution in [2.45, 2.75) is 46.4 Å². The van der Waals surface area contributed by atoms with Crippen molar-refractivity contribution < 1.29 is 9.84 Å². The average Bonchev–Trinajstić information content (AvgIpc) is 2.64. The fourth-order valence-electron chi connectivity index (χ4n) is 2.54. The highest BCUT2D eigenvalue weighted by molar-refractivity contribution is 5.79.